The van der Waals surface area contributed by atoms with Gasteiger partial charge in [-0.05, 0) is 32.9 Å². The Labute approximate surface area is 112 Å². The Bertz CT molecular complexity index is 522. The van der Waals surface area contributed by atoms with Crippen LogP contribution in [0.4, 0.5) is 11.8 Å². The van der Waals surface area contributed by atoms with Crippen molar-refractivity contribution in [3.63, 3.8) is 0 Å². The molecule has 0 saturated carbocycles. The van der Waals surface area contributed by atoms with Gasteiger partial charge in [-0.1, -0.05) is 0 Å². The zero-order valence-corrected chi connectivity index (χ0v) is 11.1. The molecule has 3 heterocycles. The van der Waals surface area contributed by atoms with E-state index in [9.17, 15) is 0 Å². The SMILES string of the molecule is CN1CC[C@H]2CC[C@@H](C1)N2c1ncc(C#N)c(N)n1. The second kappa shape index (κ2) is 4.67. The van der Waals surface area contributed by atoms with E-state index in [1.54, 1.807) is 0 Å². The highest BCUT2D eigenvalue weighted by Gasteiger charge is 2.38. The molecule has 2 fully saturated rings. The van der Waals surface area contributed by atoms with Crippen LogP contribution < -0.4 is 10.6 Å². The van der Waals surface area contributed by atoms with Gasteiger partial charge in [0.25, 0.3) is 0 Å². The lowest BCUT2D eigenvalue weighted by molar-refractivity contribution is 0.315. The number of likely N-dealkylation sites (tertiary alicyclic amines) is 1. The summed E-state index contributed by atoms with van der Waals surface area (Å²) in [6.45, 7) is 2.16. The molecule has 6 nitrogen and oxygen atoms in total. The molecule has 1 aromatic rings. The first-order chi connectivity index (χ1) is 9.19. The Morgan fingerprint density at radius 2 is 2.16 bits per heavy atom. The van der Waals surface area contributed by atoms with E-state index < -0.39 is 0 Å². The van der Waals surface area contributed by atoms with E-state index in [1.165, 1.54) is 19.0 Å². The third kappa shape index (κ3) is 2.10. The fourth-order valence-corrected chi connectivity index (χ4v) is 3.17. The summed E-state index contributed by atoms with van der Waals surface area (Å²) < 4.78 is 0. The van der Waals surface area contributed by atoms with Crippen LogP contribution in [0.1, 0.15) is 24.8 Å². The molecule has 0 spiro atoms. The van der Waals surface area contributed by atoms with Crippen LogP contribution in [0, 0.1) is 11.3 Å². The van der Waals surface area contributed by atoms with Crippen LogP contribution in [0.5, 0.6) is 0 Å². The highest BCUT2D eigenvalue weighted by atomic mass is 15.3. The summed E-state index contributed by atoms with van der Waals surface area (Å²) in [5.41, 5.74) is 6.16. The maximum absolute atomic E-state index is 8.89. The van der Waals surface area contributed by atoms with Crippen LogP contribution in [0.2, 0.25) is 0 Å². The van der Waals surface area contributed by atoms with Gasteiger partial charge >= 0.3 is 0 Å². The van der Waals surface area contributed by atoms with Gasteiger partial charge < -0.3 is 15.5 Å². The van der Waals surface area contributed by atoms with Crippen molar-refractivity contribution in [1.29, 1.82) is 5.26 Å². The van der Waals surface area contributed by atoms with E-state index in [1.807, 2.05) is 6.07 Å². The van der Waals surface area contributed by atoms with Crippen molar-refractivity contribution in [2.75, 3.05) is 30.8 Å². The lowest BCUT2D eigenvalue weighted by atomic mass is 10.1. The Hall–Kier alpha value is -1.87. The molecule has 3 rings (SSSR count). The van der Waals surface area contributed by atoms with Gasteiger partial charge in [-0.25, -0.2) is 4.98 Å². The molecule has 2 atom stereocenters. The zero-order valence-electron chi connectivity index (χ0n) is 11.1. The molecular formula is C13H18N6. The van der Waals surface area contributed by atoms with Gasteiger partial charge in [0.05, 0.1) is 6.20 Å². The lowest BCUT2D eigenvalue weighted by Crippen LogP contribution is -2.39. The zero-order chi connectivity index (χ0) is 13.4. The quantitative estimate of drug-likeness (QED) is 0.794. The second-order valence-electron chi connectivity index (χ2n) is 5.42. The number of nitriles is 1. The van der Waals surface area contributed by atoms with Gasteiger partial charge in [0.1, 0.15) is 17.5 Å². The molecule has 1 aromatic heterocycles. The van der Waals surface area contributed by atoms with Gasteiger partial charge in [0, 0.05) is 18.6 Å². The summed E-state index contributed by atoms with van der Waals surface area (Å²) >= 11 is 0. The van der Waals surface area contributed by atoms with E-state index in [4.69, 9.17) is 11.0 Å². The van der Waals surface area contributed by atoms with E-state index in [0.717, 1.165) is 19.5 Å². The third-order valence-corrected chi connectivity index (χ3v) is 4.14. The Balaban J connectivity index is 1.93. The van der Waals surface area contributed by atoms with Crippen molar-refractivity contribution in [3.05, 3.63) is 11.8 Å². The van der Waals surface area contributed by atoms with Crippen molar-refractivity contribution < 1.29 is 0 Å². The smallest absolute Gasteiger partial charge is 0.227 e. The molecule has 100 valence electrons. The van der Waals surface area contributed by atoms with Crippen LogP contribution in [-0.4, -0.2) is 47.1 Å². The first-order valence-corrected chi connectivity index (χ1v) is 6.68. The van der Waals surface area contributed by atoms with Gasteiger partial charge in [0.15, 0.2) is 0 Å². The van der Waals surface area contributed by atoms with Crippen LogP contribution in [-0.2, 0) is 0 Å². The predicted octanol–water partition coefficient (Wildman–Crippen LogP) is 0.603. The minimum atomic E-state index is 0.282. The van der Waals surface area contributed by atoms with E-state index >= 15 is 0 Å². The number of likely N-dealkylation sites (N-methyl/N-ethyl adjacent to an activating group) is 1. The van der Waals surface area contributed by atoms with Crippen LogP contribution in [0.15, 0.2) is 6.20 Å². The van der Waals surface area contributed by atoms with Crippen molar-refractivity contribution >= 4 is 11.8 Å². The first kappa shape index (κ1) is 12.2. The van der Waals surface area contributed by atoms with Gasteiger partial charge in [-0.15, -0.1) is 0 Å². The van der Waals surface area contributed by atoms with Crippen LogP contribution >= 0.6 is 0 Å². The number of rotatable bonds is 1. The van der Waals surface area contributed by atoms with Crippen LogP contribution in [0.3, 0.4) is 0 Å². The molecule has 0 aliphatic carbocycles. The number of nitrogen functional groups attached to an aromatic ring is 1. The van der Waals surface area contributed by atoms with Gasteiger partial charge in [-0.2, -0.15) is 10.2 Å². The Kier molecular flexibility index (Phi) is 2.99. The molecule has 0 radical (unpaired) electrons. The molecule has 0 unspecified atom stereocenters. The molecule has 2 N–H and O–H groups in total. The normalized spacial score (nSPS) is 27.1. The van der Waals surface area contributed by atoms with Crippen molar-refractivity contribution in [1.82, 2.24) is 14.9 Å². The van der Waals surface area contributed by atoms with E-state index in [0.29, 0.717) is 23.6 Å². The summed E-state index contributed by atoms with van der Waals surface area (Å²) in [4.78, 5) is 13.3. The maximum Gasteiger partial charge on any atom is 0.227 e. The maximum atomic E-state index is 8.89. The number of anilines is 2. The standard InChI is InChI=1S/C13H18N6/c1-18-5-4-10-2-3-11(8-18)19(10)13-16-7-9(6-14)12(15)17-13/h7,10-11H,2-5,8H2,1H3,(H2,15,16,17)/t10-,11+/m1/s1. The molecule has 0 amide bonds. The van der Waals surface area contributed by atoms with Crippen LogP contribution in [0.25, 0.3) is 0 Å². The average molecular weight is 258 g/mol. The van der Waals surface area contributed by atoms with Gasteiger partial charge in [0.2, 0.25) is 5.95 Å². The summed E-state index contributed by atoms with van der Waals surface area (Å²) in [5.74, 6) is 0.962. The number of nitrogens with zero attached hydrogens (tertiary/aromatic N) is 5. The highest BCUT2D eigenvalue weighted by molar-refractivity contribution is 5.51. The number of hydrogen-bond acceptors (Lipinski definition) is 6. The minimum Gasteiger partial charge on any atom is -0.382 e. The molecule has 2 bridgehead atoms. The minimum absolute atomic E-state index is 0.282. The molecule has 0 aromatic carbocycles. The number of hydrogen-bond donors (Lipinski definition) is 1. The number of nitrogens with two attached hydrogens (primary N) is 1. The molecule has 6 heteroatoms. The summed E-state index contributed by atoms with van der Waals surface area (Å²) in [6, 6.07) is 2.97. The van der Waals surface area contributed by atoms with Crippen molar-refractivity contribution in [2.45, 2.75) is 31.3 Å². The molecule has 2 aliphatic rings. The third-order valence-electron chi connectivity index (χ3n) is 4.14. The summed E-state index contributed by atoms with van der Waals surface area (Å²) in [6.07, 6.45) is 5.04. The summed E-state index contributed by atoms with van der Waals surface area (Å²) in [5, 5.41) is 8.89. The van der Waals surface area contributed by atoms with Crippen molar-refractivity contribution in [2.24, 2.45) is 0 Å². The fourth-order valence-electron chi connectivity index (χ4n) is 3.17. The number of fused-ring (bicyclic) bond motifs is 2. The van der Waals surface area contributed by atoms with Gasteiger partial charge in [-0.3, -0.25) is 0 Å². The first-order valence-electron chi connectivity index (χ1n) is 6.68. The predicted molar refractivity (Wildman–Crippen MR) is 72.6 cm³/mol. The Morgan fingerprint density at radius 3 is 2.89 bits per heavy atom. The molecular weight excluding hydrogens is 240 g/mol. The second-order valence-corrected chi connectivity index (χ2v) is 5.42. The van der Waals surface area contributed by atoms with E-state index in [-0.39, 0.29) is 5.82 Å². The highest BCUT2D eigenvalue weighted by Crippen LogP contribution is 2.33. The number of aromatic nitrogens is 2. The summed E-state index contributed by atoms with van der Waals surface area (Å²) in [7, 11) is 2.16. The topological polar surface area (TPSA) is 82.1 Å². The average Bonchev–Trinajstić information content (AvgIpc) is 2.70. The van der Waals surface area contributed by atoms with E-state index in [2.05, 4.69) is 26.8 Å². The fraction of sp³-hybridized carbons (Fsp3) is 0.615. The Morgan fingerprint density at radius 1 is 1.37 bits per heavy atom. The monoisotopic (exact) mass is 258 g/mol. The molecule has 19 heavy (non-hydrogen) atoms. The lowest BCUT2D eigenvalue weighted by Gasteiger charge is -2.28. The molecule has 2 saturated heterocycles. The molecule has 2 aliphatic heterocycles. The largest absolute Gasteiger partial charge is 0.382 e. The van der Waals surface area contributed by atoms with Crippen molar-refractivity contribution in [3.8, 4) is 6.07 Å².